The molecule has 0 saturated heterocycles. The van der Waals surface area contributed by atoms with Crippen LogP contribution in [-0.2, 0) is 6.54 Å². The first-order valence-electron chi connectivity index (χ1n) is 6.00. The van der Waals surface area contributed by atoms with Crippen molar-refractivity contribution < 1.29 is 0 Å². The summed E-state index contributed by atoms with van der Waals surface area (Å²) < 4.78 is 0. The van der Waals surface area contributed by atoms with Crippen LogP contribution in [0.2, 0.25) is 0 Å². The lowest BCUT2D eigenvalue weighted by Crippen LogP contribution is -2.26. The van der Waals surface area contributed by atoms with Gasteiger partial charge >= 0.3 is 0 Å². The van der Waals surface area contributed by atoms with Gasteiger partial charge in [0.1, 0.15) is 0 Å². The predicted octanol–water partition coefficient (Wildman–Crippen LogP) is 2.49. The highest BCUT2D eigenvalue weighted by Gasteiger charge is 2.23. The second kappa shape index (κ2) is 5.15. The molecule has 1 atom stereocenters. The average molecular weight is 239 g/mol. The molecule has 0 radical (unpaired) electrons. The second-order valence-corrected chi connectivity index (χ2v) is 5.81. The first-order valence-corrected chi connectivity index (χ1v) is 6.88. The predicted molar refractivity (Wildman–Crippen MR) is 70.1 cm³/mol. The van der Waals surface area contributed by atoms with Gasteiger partial charge in [0.15, 0.2) is 5.13 Å². The van der Waals surface area contributed by atoms with Crippen LogP contribution in [0, 0.1) is 5.92 Å². The van der Waals surface area contributed by atoms with Crippen LogP contribution in [0.15, 0.2) is 5.38 Å². The molecule has 1 aromatic rings. The van der Waals surface area contributed by atoms with E-state index in [-0.39, 0.29) is 0 Å². The van der Waals surface area contributed by atoms with Gasteiger partial charge in [-0.25, -0.2) is 4.98 Å². The molecule has 0 bridgehead atoms. The molecule has 1 aliphatic rings. The SMILES string of the molecule is CC(CC1CC1)NCc1csc(N(C)C)n1. The molecule has 1 saturated carbocycles. The molecule has 0 amide bonds. The van der Waals surface area contributed by atoms with Crippen molar-refractivity contribution in [3.63, 3.8) is 0 Å². The fourth-order valence-electron chi connectivity index (χ4n) is 1.80. The highest BCUT2D eigenvalue weighted by molar-refractivity contribution is 7.13. The van der Waals surface area contributed by atoms with Crippen molar-refractivity contribution in [2.24, 2.45) is 5.92 Å². The Balaban J connectivity index is 1.74. The molecule has 16 heavy (non-hydrogen) atoms. The quantitative estimate of drug-likeness (QED) is 0.826. The van der Waals surface area contributed by atoms with Crippen LogP contribution in [0.25, 0.3) is 0 Å². The van der Waals surface area contributed by atoms with Gasteiger partial charge in [0.05, 0.1) is 5.69 Å². The van der Waals surface area contributed by atoms with E-state index in [0.717, 1.165) is 23.3 Å². The lowest BCUT2D eigenvalue weighted by molar-refractivity contribution is 0.485. The maximum atomic E-state index is 4.56. The fourth-order valence-corrected chi connectivity index (χ4v) is 2.56. The minimum atomic E-state index is 0.622. The van der Waals surface area contributed by atoms with Crippen molar-refractivity contribution >= 4 is 16.5 Å². The van der Waals surface area contributed by atoms with Crippen LogP contribution >= 0.6 is 11.3 Å². The fraction of sp³-hybridized carbons (Fsp3) is 0.750. The maximum Gasteiger partial charge on any atom is 0.185 e. The van der Waals surface area contributed by atoms with E-state index < -0.39 is 0 Å². The molecule has 90 valence electrons. The molecule has 2 rings (SSSR count). The van der Waals surface area contributed by atoms with Crippen LogP contribution in [0.4, 0.5) is 5.13 Å². The van der Waals surface area contributed by atoms with Gasteiger partial charge in [-0.1, -0.05) is 12.8 Å². The monoisotopic (exact) mass is 239 g/mol. The van der Waals surface area contributed by atoms with Gasteiger partial charge in [-0.15, -0.1) is 11.3 Å². The van der Waals surface area contributed by atoms with Crippen LogP contribution in [-0.4, -0.2) is 25.1 Å². The number of hydrogen-bond acceptors (Lipinski definition) is 4. The zero-order valence-electron chi connectivity index (χ0n) is 10.4. The summed E-state index contributed by atoms with van der Waals surface area (Å²) in [6, 6.07) is 0.622. The Kier molecular flexibility index (Phi) is 3.82. The van der Waals surface area contributed by atoms with Crippen LogP contribution < -0.4 is 10.2 Å². The minimum Gasteiger partial charge on any atom is -0.354 e. The van der Waals surface area contributed by atoms with E-state index in [1.165, 1.54) is 19.3 Å². The Bertz CT molecular complexity index is 331. The van der Waals surface area contributed by atoms with Crippen molar-refractivity contribution in [2.45, 2.75) is 38.8 Å². The number of rotatable bonds is 6. The Morgan fingerprint density at radius 1 is 1.56 bits per heavy atom. The molecule has 0 aliphatic heterocycles. The number of nitrogens with one attached hydrogen (secondary N) is 1. The van der Waals surface area contributed by atoms with Crippen molar-refractivity contribution in [1.29, 1.82) is 0 Å². The molecule has 1 heterocycles. The normalized spacial score (nSPS) is 17.4. The smallest absolute Gasteiger partial charge is 0.185 e. The molecule has 1 aliphatic carbocycles. The third kappa shape index (κ3) is 3.46. The number of anilines is 1. The van der Waals surface area contributed by atoms with Crippen molar-refractivity contribution in [3.05, 3.63) is 11.1 Å². The summed E-state index contributed by atoms with van der Waals surface area (Å²) in [5.74, 6) is 0.996. The zero-order chi connectivity index (χ0) is 11.5. The van der Waals surface area contributed by atoms with Crippen molar-refractivity contribution in [1.82, 2.24) is 10.3 Å². The van der Waals surface area contributed by atoms with Gasteiger partial charge in [-0.3, -0.25) is 0 Å². The van der Waals surface area contributed by atoms with Crippen molar-refractivity contribution in [3.8, 4) is 0 Å². The van der Waals surface area contributed by atoms with E-state index in [9.17, 15) is 0 Å². The molecular weight excluding hydrogens is 218 g/mol. The molecular formula is C12H21N3S. The standard InChI is InChI=1S/C12H21N3S/c1-9(6-10-4-5-10)13-7-11-8-16-12(14-11)15(2)3/h8-10,13H,4-7H2,1-3H3. The summed E-state index contributed by atoms with van der Waals surface area (Å²) in [6.45, 7) is 3.18. The maximum absolute atomic E-state index is 4.56. The molecule has 1 fully saturated rings. The summed E-state index contributed by atoms with van der Waals surface area (Å²) in [5, 5.41) is 6.78. The third-order valence-corrected chi connectivity index (χ3v) is 3.99. The topological polar surface area (TPSA) is 28.2 Å². The Labute approximate surface area is 102 Å². The van der Waals surface area contributed by atoms with E-state index >= 15 is 0 Å². The van der Waals surface area contributed by atoms with Gasteiger partial charge in [0, 0.05) is 32.1 Å². The minimum absolute atomic E-state index is 0.622. The summed E-state index contributed by atoms with van der Waals surface area (Å²) in [7, 11) is 4.07. The van der Waals surface area contributed by atoms with E-state index in [4.69, 9.17) is 0 Å². The average Bonchev–Trinajstić information content (AvgIpc) is 2.91. The van der Waals surface area contributed by atoms with Gasteiger partial charge in [0.2, 0.25) is 0 Å². The molecule has 1 unspecified atom stereocenters. The number of hydrogen-bond donors (Lipinski definition) is 1. The summed E-state index contributed by atoms with van der Waals surface area (Å²) in [5.41, 5.74) is 1.16. The van der Waals surface area contributed by atoms with E-state index in [0.29, 0.717) is 6.04 Å². The molecule has 1 aromatic heterocycles. The second-order valence-electron chi connectivity index (χ2n) is 4.98. The lowest BCUT2D eigenvalue weighted by atomic mass is 10.1. The number of nitrogens with zero attached hydrogens (tertiary/aromatic N) is 2. The molecule has 0 aromatic carbocycles. The van der Waals surface area contributed by atoms with E-state index in [2.05, 4.69) is 27.5 Å². The van der Waals surface area contributed by atoms with Crippen LogP contribution in [0.1, 0.15) is 31.9 Å². The van der Waals surface area contributed by atoms with E-state index in [1.54, 1.807) is 11.3 Å². The van der Waals surface area contributed by atoms with Crippen LogP contribution in [0.3, 0.4) is 0 Å². The molecule has 1 N–H and O–H groups in total. The Morgan fingerprint density at radius 2 is 2.31 bits per heavy atom. The first kappa shape index (κ1) is 11.9. The van der Waals surface area contributed by atoms with Crippen molar-refractivity contribution in [2.75, 3.05) is 19.0 Å². The molecule has 0 spiro atoms. The molecule has 3 nitrogen and oxygen atoms in total. The summed E-state index contributed by atoms with van der Waals surface area (Å²) >= 11 is 1.71. The Hall–Kier alpha value is -0.610. The molecule has 4 heteroatoms. The highest BCUT2D eigenvalue weighted by Crippen LogP contribution is 2.33. The largest absolute Gasteiger partial charge is 0.354 e. The van der Waals surface area contributed by atoms with Crippen LogP contribution in [0.5, 0.6) is 0 Å². The van der Waals surface area contributed by atoms with Gasteiger partial charge in [0.25, 0.3) is 0 Å². The van der Waals surface area contributed by atoms with Gasteiger partial charge in [-0.05, 0) is 19.3 Å². The number of thiazole rings is 1. The summed E-state index contributed by atoms with van der Waals surface area (Å²) in [4.78, 5) is 6.62. The lowest BCUT2D eigenvalue weighted by Gasteiger charge is -2.11. The zero-order valence-corrected chi connectivity index (χ0v) is 11.2. The van der Waals surface area contributed by atoms with Gasteiger partial charge < -0.3 is 10.2 Å². The number of aromatic nitrogens is 1. The highest BCUT2D eigenvalue weighted by atomic mass is 32.1. The summed E-state index contributed by atoms with van der Waals surface area (Å²) in [6.07, 6.45) is 4.20. The van der Waals surface area contributed by atoms with Gasteiger partial charge in [-0.2, -0.15) is 0 Å². The Morgan fingerprint density at radius 3 is 2.88 bits per heavy atom. The van der Waals surface area contributed by atoms with E-state index in [1.807, 2.05) is 14.1 Å². The third-order valence-electron chi connectivity index (χ3n) is 2.94. The first-order chi connectivity index (χ1) is 7.65.